The van der Waals surface area contributed by atoms with Gasteiger partial charge in [0.05, 0.1) is 0 Å². The fraction of sp³-hybridized carbons (Fsp3) is 0.143. The van der Waals surface area contributed by atoms with E-state index in [0.29, 0.717) is 5.56 Å². The number of aryl methyl sites for hydroxylation is 1. The molecule has 3 rings (SSSR count). The van der Waals surface area contributed by atoms with E-state index >= 15 is 0 Å². The predicted octanol–water partition coefficient (Wildman–Crippen LogP) is 3.57. The largest absolute Gasteiger partial charge is 0.0619 e. The normalized spacial score (nSPS) is 16.4. The number of fused-ring (bicyclic) bond motifs is 3. The second-order valence-electron chi connectivity index (χ2n) is 3.67. The third-order valence-electron chi connectivity index (χ3n) is 2.82. The lowest BCUT2D eigenvalue weighted by Crippen LogP contribution is -1.82. The molecule has 0 nitrogen and oxygen atoms in total. The number of rotatable bonds is 0. The molecule has 68 valence electrons. The van der Waals surface area contributed by atoms with Crippen molar-refractivity contribution in [3.8, 4) is 11.1 Å². The lowest BCUT2D eigenvalue weighted by atomic mass is 10.0. The molecule has 0 spiro atoms. The Kier molecular flexibility index (Phi) is 1.04. The molecule has 2 aromatic carbocycles. The van der Waals surface area contributed by atoms with Gasteiger partial charge >= 0.3 is 0 Å². The minimum Gasteiger partial charge on any atom is -0.0619 e. The molecule has 0 unspecified atom stereocenters. The average Bonchev–Trinajstić information content (AvgIpc) is 2.65. The summed E-state index contributed by atoms with van der Waals surface area (Å²) < 4.78 is 22.8. The molecule has 0 atom stereocenters. The van der Waals surface area contributed by atoms with E-state index in [9.17, 15) is 0 Å². The van der Waals surface area contributed by atoms with E-state index in [2.05, 4.69) is 6.07 Å². The zero-order valence-electron chi connectivity index (χ0n) is 10.7. The molecule has 0 heteroatoms. The highest BCUT2D eigenvalue weighted by atomic mass is 14.2. The van der Waals surface area contributed by atoms with Crippen LogP contribution in [0.4, 0.5) is 0 Å². The minimum absolute atomic E-state index is 0.472. The molecule has 0 radical (unpaired) electrons. The van der Waals surface area contributed by atoms with Gasteiger partial charge < -0.3 is 0 Å². The molecule has 1 aliphatic rings. The summed E-state index contributed by atoms with van der Waals surface area (Å²) in [5.41, 5.74) is 4.82. The highest BCUT2D eigenvalue weighted by molar-refractivity contribution is 5.79. The Bertz CT molecular complexity index is 582. The summed E-state index contributed by atoms with van der Waals surface area (Å²) in [4.78, 5) is 0. The first-order chi connectivity index (χ1) is 8.07. The van der Waals surface area contributed by atoms with E-state index in [1.54, 1.807) is 6.07 Å². The first kappa shape index (κ1) is 5.35. The van der Waals surface area contributed by atoms with Gasteiger partial charge in [-0.05, 0) is 41.1 Å². The lowest BCUT2D eigenvalue weighted by molar-refractivity contribution is 1.26. The van der Waals surface area contributed by atoms with Gasteiger partial charge in [-0.25, -0.2) is 0 Å². The summed E-state index contributed by atoms with van der Waals surface area (Å²) >= 11 is 0. The summed E-state index contributed by atoms with van der Waals surface area (Å²) in [6.07, 6.45) is 0.843. The Morgan fingerprint density at radius 1 is 1.00 bits per heavy atom. The first-order valence-electron chi connectivity index (χ1n) is 6.28. The van der Waals surface area contributed by atoms with Gasteiger partial charge in [-0.2, -0.15) is 0 Å². The molecule has 0 amide bonds. The van der Waals surface area contributed by atoms with Crippen molar-refractivity contribution in [2.24, 2.45) is 0 Å². The highest BCUT2D eigenvalue weighted by Crippen LogP contribution is 2.38. The number of hydrogen-bond donors (Lipinski definition) is 0. The molecule has 2 aromatic rings. The van der Waals surface area contributed by atoms with Crippen LogP contribution in [-0.4, -0.2) is 0 Å². The van der Waals surface area contributed by atoms with Gasteiger partial charge in [-0.3, -0.25) is 0 Å². The van der Waals surface area contributed by atoms with Gasteiger partial charge in [0.1, 0.15) is 0 Å². The van der Waals surface area contributed by atoms with Crippen LogP contribution in [0.5, 0.6) is 0 Å². The van der Waals surface area contributed by atoms with Crippen molar-refractivity contribution < 1.29 is 4.11 Å². The Morgan fingerprint density at radius 2 is 1.86 bits per heavy atom. The molecule has 14 heavy (non-hydrogen) atoms. The van der Waals surface area contributed by atoms with Gasteiger partial charge in [0.15, 0.2) is 0 Å². The Morgan fingerprint density at radius 3 is 2.79 bits per heavy atom. The quantitative estimate of drug-likeness (QED) is 0.500. The van der Waals surface area contributed by atoms with Crippen molar-refractivity contribution in [1.29, 1.82) is 0 Å². The maximum atomic E-state index is 7.62. The van der Waals surface area contributed by atoms with Crippen molar-refractivity contribution in [2.75, 3.05) is 0 Å². The van der Waals surface area contributed by atoms with Crippen LogP contribution in [0.2, 0.25) is 0 Å². The van der Waals surface area contributed by atoms with Crippen LogP contribution < -0.4 is 0 Å². The maximum absolute atomic E-state index is 7.62. The van der Waals surface area contributed by atoms with E-state index in [1.807, 2.05) is 30.3 Å². The SMILES string of the molecule is [2H]C([2H])([2H])c1cccc2c1-c1ccccc1C2. The van der Waals surface area contributed by atoms with Crippen LogP contribution in [0, 0.1) is 6.85 Å². The van der Waals surface area contributed by atoms with Crippen LogP contribution in [0.1, 0.15) is 20.8 Å². The molecule has 0 aliphatic heterocycles. The van der Waals surface area contributed by atoms with Crippen molar-refractivity contribution >= 4 is 0 Å². The Balaban J connectivity index is 2.30. The van der Waals surface area contributed by atoms with Crippen LogP contribution in [-0.2, 0) is 6.42 Å². The smallest absolute Gasteiger partial charge is 0.0280 e. The molecule has 0 saturated carbocycles. The maximum Gasteiger partial charge on any atom is 0.0280 e. The summed E-state index contributed by atoms with van der Waals surface area (Å²) in [7, 11) is 0. The summed E-state index contributed by atoms with van der Waals surface area (Å²) in [6.45, 7) is -2.04. The molecular weight excluding hydrogens is 168 g/mol. The van der Waals surface area contributed by atoms with Crippen molar-refractivity contribution in [3.05, 3.63) is 59.2 Å². The average molecular weight is 183 g/mol. The number of benzene rings is 2. The predicted molar refractivity (Wildman–Crippen MR) is 59.4 cm³/mol. The molecule has 0 aromatic heterocycles. The number of hydrogen-bond acceptors (Lipinski definition) is 0. The molecule has 0 fully saturated rings. The van der Waals surface area contributed by atoms with Crippen molar-refractivity contribution in [1.82, 2.24) is 0 Å². The Hall–Kier alpha value is -1.56. The summed E-state index contributed by atoms with van der Waals surface area (Å²) in [6, 6.07) is 13.6. The topological polar surface area (TPSA) is 0 Å². The van der Waals surface area contributed by atoms with Gasteiger partial charge in [-0.15, -0.1) is 0 Å². The lowest BCUT2D eigenvalue weighted by Gasteiger charge is -2.03. The molecule has 1 aliphatic carbocycles. The standard InChI is InChI=1S/C14H12/c1-10-5-4-7-12-9-11-6-2-3-8-13(11)14(10)12/h2-8H,9H2,1H3/i1D3. The summed E-state index contributed by atoms with van der Waals surface area (Å²) in [5.74, 6) is 0. The summed E-state index contributed by atoms with van der Waals surface area (Å²) in [5, 5.41) is 0. The van der Waals surface area contributed by atoms with Crippen LogP contribution >= 0.6 is 0 Å². The van der Waals surface area contributed by atoms with Gasteiger partial charge in [0.2, 0.25) is 0 Å². The van der Waals surface area contributed by atoms with Crippen LogP contribution in [0.25, 0.3) is 11.1 Å². The third-order valence-corrected chi connectivity index (χ3v) is 2.82. The zero-order chi connectivity index (χ0) is 12.0. The first-order valence-corrected chi connectivity index (χ1v) is 4.78. The van der Waals surface area contributed by atoms with E-state index < -0.39 is 6.85 Å². The van der Waals surface area contributed by atoms with Gasteiger partial charge in [-0.1, -0.05) is 42.5 Å². The van der Waals surface area contributed by atoms with Gasteiger partial charge in [0, 0.05) is 4.11 Å². The fourth-order valence-corrected chi connectivity index (χ4v) is 2.19. The van der Waals surface area contributed by atoms with Crippen LogP contribution in [0.15, 0.2) is 42.5 Å². The van der Waals surface area contributed by atoms with Crippen LogP contribution in [0.3, 0.4) is 0 Å². The second-order valence-corrected chi connectivity index (χ2v) is 3.67. The third kappa shape index (κ3) is 0.941. The molecular formula is C14H12. The van der Waals surface area contributed by atoms with Crippen molar-refractivity contribution in [2.45, 2.75) is 13.3 Å². The van der Waals surface area contributed by atoms with E-state index in [0.717, 1.165) is 23.1 Å². The molecule has 0 heterocycles. The Labute approximate surface area is 88.4 Å². The van der Waals surface area contributed by atoms with E-state index in [4.69, 9.17) is 4.11 Å². The second kappa shape index (κ2) is 2.71. The fourth-order valence-electron chi connectivity index (χ4n) is 2.19. The monoisotopic (exact) mass is 183 g/mol. The molecule has 0 saturated heterocycles. The van der Waals surface area contributed by atoms with E-state index in [-0.39, 0.29) is 0 Å². The van der Waals surface area contributed by atoms with Crippen molar-refractivity contribution in [3.63, 3.8) is 0 Å². The molecule has 0 bridgehead atoms. The van der Waals surface area contributed by atoms with E-state index in [1.165, 1.54) is 5.56 Å². The molecule has 0 N–H and O–H groups in total. The van der Waals surface area contributed by atoms with Gasteiger partial charge in [0.25, 0.3) is 0 Å². The highest BCUT2D eigenvalue weighted by Gasteiger charge is 2.18. The zero-order valence-corrected chi connectivity index (χ0v) is 7.75. The minimum atomic E-state index is -2.04.